The number of aryl methyl sites for hydroxylation is 1. The quantitative estimate of drug-likeness (QED) is 0.482. The second-order valence-corrected chi connectivity index (χ2v) is 9.02. The normalized spacial score (nSPS) is 17.0. The molecule has 1 aliphatic rings. The van der Waals surface area contributed by atoms with E-state index in [4.69, 9.17) is 9.47 Å². The van der Waals surface area contributed by atoms with E-state index >= 15 is 0 Å². The van der Waals surface area contributed by atoms with E-state index < -0.39 is 23.1 Å². The summed E-state index contributed by atoms with van der Waals surface area (Å²) in [6, 6.07) is 0.0888. The Labute approximate surface area is 184 Å². The van der Waals surface area contributed by atoms with Crippen LogP contribution in [0.4, 0.5) is 0 Å². The zero-order chi connectivity index (χ0) is 23.4. The highest BCUT2D eigenvalue weighted by Crippen LogP contribution is 2.35. The van der Waals surface area contributed by atoms with Crippen molar-refractivity contribution in [2.24, 2.45) is 0 Å². The maximum absolute atomic E-state index is 13.1. The number of H-pyrrole nitrogens is 1. The first-order valence-electron chi connectivity index (χ1n) is 11.2. The molecular weight excluding hydrogens is 398 g/mol. The molecule has 174 valence electrons. The Kier molecular flexibility index (Phi) is 7.92. The van der Waals surface area contributed by atoms with Crippen LogP contribution in [0.5, 0.6) is 0 Å². The van der Waals surface area contributed by atoms with Crippen LogP contribution in [0.1, 0.15) is 96.2 Å². The number of ether oxygens (including phenoxy) is 2. The average molecular weight is 436 g/mol. The van der Waals surface area contributed by atoms with Crippen molar-refractivity contribution in [3.63, 3.8) is 0 Å². The Morgan fingerprint density at radius 1 is 1.13 bits per heavy atom. The number of carbonyl (C=O) groups is 2. The lowest BCUT2D eigenvalue weighted by atomic mass is 9.92. The minimum atomic E-state index is -1.28. The third-order valence-corrected chi connectivity index (χ3v) is 5.34. The molecule has 0 fully saturated rings. The number of rotatable bonds is 10. The highest BCUT2D eigenvalue weighted by atomic mass is 16.6. The van der Waals surface area contributed by atoms with Crippen LogP contribution in [0.25, 0.3) is 0 Å². The number of nitrogens with one attached hydrogen (secondary N) is 2. The molecule has 3 N–H and O–H groups in total. The number of esters is 2. The maximum Gasteiger partial charge on any atom is 0.359 e. The summed E-state index contributed by atoms with van der Waals surface area (Å²) in [6.45, 7) is 12.8. The van der Waals surface area contributed by atoms with Crippen molar-refractivity contribution in [3.05, 3.63) is 28.5 Å². The van der Waals surface area contributed by atoms with Gasteiger partial charge in [-0.25, -0.2) is 14.6 Å². The predicted octanol–water partition coefficient (Wildman–Crippen LogP) is 3.50. The number of aliphatic hydroxyl groups is 1. The average Bonchev–Trinajstić information content (AvgIpc) is 3.27. The molecule has 8 nitrogen and oxygen atoms in total. The van der Waals surface area contributed by atoms with Crippen LogP contribution in [0.3, 0.4) is 0 Å². The maximum atomic E-state index is 13.1. The Balaban J connectivity index is 2.36. The monoisotopic (exact) mass is 435 g/mol. The number of hydrogen-bond donors (Lipinski definition) is 3. The third-order valence-electron chi connectivity index (χ3n) is 5.34. The van der Waals surface area contributed by atoms with Crippen LogP contribution in [0.15, 0.2) is 11.3 Å². The largest absolute Gasteiger partial charge is 0.461 e. The van der Waals surface area contributed by atoms with Crippen molar-refractivity contribution in [3.8, 4) is 0 Å². The van der Waals surface area contributed by atoms with Gasteiger partial charge in [-0.05, 0) is 53.9 Å². The minimum Gasteiger partial charge on any atom is -0.461 e. The second-order valence-electron chi connectivity index (χ2n) is 9.02. The molecule has 0 bridgehead atoms. The fourth-order valence-corrected chi connectivity index (χ4v) is 3.86. The molecule has 0 saturated carbocycles. The van der Waals surface area contributed by atoms with Gasteiger partial charge in [0, 0.05) is 18.0 Å². The van der Waals surface area contributed by atoms with Crippen molar-refractivity contribution in [2.45, 2.75) is 97.8 Å². The minimum absolute atomic E-state index is 0.0679. The van der Waals surface area contributed by atoms with Gasteiger partial charge in [-0.15, -0.1) is 0 Å². The van der Waals surface area contributed by atoms with Crippen molar-refractivity contribution >= 4 is 11.9 Å². The van der Waals surface area contributed by atoms with Gasteiger partial charge in [0.2, 0.25) is 0 Å². The second kappa shape index (κ2) is 9.85. The molecule has 0 radical (unpaired) electrons. The zero-order valence-electron chi connectivity index (χ0n) is 19.8. The summed E-state index contributed by atoms with van der Waals surface area (Å²) in [5, 5.41) is 13.8. The Hall–Kier alpha value is -2.35. The summed E-state index contributed by atoms with van der Waals surface area (Å²) < 4.78 is 11.1. The zero-order valence-corrected chi connectivity index (χ0v) is 19.8. The summed E-state index contributed by atoms with van der Waals surface area (Å²) in [7, 11) is 0. The highest BCUT2D eigenvalue weighted by molar-refractivity contribution is 5.91. The first-order chi connectivity index (χ1) is 14.4. The summed E-state index contributed by atoms with van der Waals surface area (Å²) in [5.74, 6) is -0.459. The lowest BCUT2D eigenvalue weighted by Gasteiger charge is -2.28. The van der Waals surface area contributed by atoms with E-state index in [1.54, 1.807) is 34.6 Å². The fraction of sp³-hybridized carbons (Fsp3) is 0.696. The molecule has 31 heavy (non-hydrogen) atoms. The first-order valence-corrected chi connectivity index (χ1v) is 11.2. The summed E-state index contributed by atoms with van der Waals surface area (Å²) in [4.78, 5) is 33.1. The van der Waals surface area contributed by atoms with Crippen LogP contribution in [0, 0.1) is 0 Å². The van der Waals surface area contributed by atoms with E-state index in [0.717, 1.165) is 19.3 Å². The molecule has 0 spiro atoms. The first kappa shape index (κ1) is 24.9. The Morgan fingerprint density at radius 2 is 1.81 bits per heavy atom. The van der Waals surface area contributed by atoms with Gasteiger partial charge in [-0.2, -0.15) is 0 Å². The van der Waals surface area contributed by atoms with E-state index in [9.17, 15) is 14.7 Å². The Morgan fingerprint density at radius 3 is 2.35 bits per heavy atom. The number of aromatic amines is 1. The number of aromatic nitrogens is 2. The molecule has 1 unspecified atom stereocenters. The summed E-state index contributed by atoms with van der Waals surface area (Å²) in [6.07, 6.45) is 3.94. The molecule has 2 rings (SSSR count). The van der Waals surface area contributed by atoms with Gasteiger partial charge in [-0.3, -0.25) is 0 Å². The smallest absolute Gasteiger partial charge is 0.359 e. The van der Waals surface area contributed by atoms with Gasteiger partial charge < -0.3 is 24.9 Å². The lowest BCUT2D eigenvalue weighted by Crippen LogP contribution is -2.33. The Bertz CT molecular complexity index is 833. The number of nitrogens with zero attached hydrogens (tertiary/aromatic N) is 1. The molecule has 1 aromatic rings. The van der Waals surface area contributed by atoms with Crippen LogP contribution in [0.2, 0.25) is 0 Å². The SMILES string of the molecule is CCCc1nc(C(=O)OC(C)(C)C2=C(C(=O)OCC)NC(CCC)C2)c(C(C)(C)O)[nH]1. The lowest BCUT2D eigenvalue weighted by molar-refractivity contribution is -0.139. The number of carbonyl (C=O) groups excluding carboxylic acids is 2. The van der Waals surface area contributed by atoms with Crippen molar-refractivity contribution < 1.29 is 24.2 Å². The number of imidazole rings is 1. The van der Waals surface area contributed by atoms with E-state index in [-0.39, 0.29) is 18.3 Å². The summed E-state index contributed by atoms with van der Waals surface area (Å²) in [5.41, 5.74) is -0.881. The van der Waals surface area contributed by atoms with E-state index in [1.165, 1.54) is 0 Å². The van der Waals surface area contributed by atoms with E-state index in [0.29, 0.717) is 35.6 Å². The van der Waals surface area contributed by atoms with E-state index in [2.05, 4.69) is 22.2 Å². The molecular formula is C23H37N3O5. The van der Waals surface area contributed by atoms with Crippen LogP contribution < -0.4 is 5.32 Å². The van der Waals surface area contributed by atoms with Crippen molar-refractivity contribution in [2.75, 3.05) is 6.61 Å². The standard InChI is InChI=1S/C23H37N3O5/c1-8-11-14-13-15(17(24-14)20(27)30-10-3)23(6,7)31-21(28)18-19(22(4,5)29)26-16(25-18)12-9-2/h14,24,29H,8-13H2,1-7H3,(H,25,26). The van der Waals surface area contributed by atoms with Crippen molar-refractivity contribution in [1.82, 2.24) is 15.3 Å². The van der Waals surface area contributed by atoms with E-state index in [1.807, 2.05) is 6.92 Å². The number of hydrogen-bond acceptors (Lipinski definition) is 7. The van der Waals surface area contributed by atoms with Crippen LogP contribution in [-0.4, -0.2) is 45.3 Å². The summed E-state index contributed by atoms with van der Waals surface area (Å²) >= 11 is 0. The molecule has 0 aliphatic carbocycles. The molecule has 1 atom stereocenters. The highest BCUT2D eigenvalue weighted by Gasteiger charge is 2.40. The van der Waals surface area contributed by atoms with Gasteiger partial charge in [-0.1, -0.05) is 20.3 Å². The molecule has 0 amide bonds. The van der Waals surface area contributed by atoms with Crippen LogP contribution >= 0.6 is 0 Å². The van der Waals surface area contributed by atoms with Gasteiger partial charge in [0.05, 0.1) is 12.3 Å². The molecule has 0 aromatic carbocycles. The van der Waals surface area contributed by atoms with Gasteiger partial charge in [0.1, 0.15) is 22.7 Å². The van der Waals surface area contributed by atoms with Gasteiger partial charge in [0.25, 0.3) is 0 Å². The van der Waals surface area contributed by atoms with Crippen LogP contribution in [-0.2, 0) is 26.3 Å². The molecule has 0 saturated heterocycles. The van der Waals surface area contributed by atoms with Gasteiger partial charge >= 0.3 is 11.9 Å². The topological polar surface area (TPSA) is 114 Å². The van der Waals surface area contributed by atoms with Crippen molar-refractivity contribution in [1.29, 1.82) is 0 Å². The third kappa shape index (κ3) is 5.87. The molecule has 1 aliphatic heterocycles. The molecule has 1 aromatic heterocycles. The fourth-order valence-electron chi connectivity index (χ4n) is 3.86. The predicted molar refractivity (Wildman–Crippen MR) is 117 cm³/mol. The molecule has 2 heterocycles. The molecule has 8 heteroatoms. The van der Waals surface area contributed by atoms with Gasteiger partial charge in [0.15, 0.2) is 5.69 Å².